The first-order valence-electron chi connectivity index (χ1n) is 8.06. The van der Waals surface area contributed by atoms with Gasteiger partial charge in [-0.1, -0.05) is 43.7 Å². The summed E-state index contributed by atoms with van der Waals surface area (Å²) >= 11 is 1.72. The van der Waals surface area contributed by atoms with Crippen LogP contribution in [0.2, 0.25) is 0 Å². The van der Waals surface area contributed by atoms with Crippen LogP contribution in [0.25, 0.3) is 32.0 Å². The molecule has 2 nitrogen and oxygen atoms in total. The molecule has 0 unspecified atom stereocenters. The fourth-order valence-corrected chi connectivity index (χ4v) is 4.12. The van der Waals surface area contributed by atoms with Gasteiger partial charge in [0.05, 0.1) is 10.2 Å². The number of aromatic nitrogens is 1. The zero-order chi connectivity index (χ0) is 16.0. The molecule has 2 heterocycles. The quantitative estimate of drug-likeness (QED) is 0.444. The van der Waals surface area contributed by atoms with E-state index in [0.29, 0.717) is 0 Å². The van der Waals surface area contributed by atoms with Gasteiger partial charge in [0.15, 0.2) is 10.8 Å². The third kappa shape index (κ3) is 2.36. The molecule has 23 heavy (non-hydrogen) atoms. The summed E-state index contributed by atoms with van der Waals surface area (Å²) in [7, 11) is 0. The highest BCUT2D eigenvalue weighted by Gasteiger charge is 2.15. The fraction of sp³-hybridized carbons (Fsp3) is 0.250. The van der Waals surface area contributed by atoms with Crippen LogP contribution in [0.4, 0.5) is 0 Å². The summed E-state index contributed by atoms with van der Waals surface area (Å²) in [4.78, 5) is 4.84. The van der Waals surface area contributed by atoms with Crippen LogP contribution in [0.1, 0.15) is 30.0 Å². The van der Waals surface area contributed by atoms with Gasteiger partial charge in [-0.2, -0.15) is 0 Å². The molecule has 0 saturated heterocycles. The monoisotopic (exact) mass is 321 g/mol. The second kappa shape index (κ2) is 5.50. The van der Waals surface area contributed by atoms with Crippen molar-refractivity contribution in [1.82, 2.24) is 4.98 Å². The van der Waals surface area contributed by atoms with Crippen LogP contribution in [0.3, 0.4) is 0 Å². The Labute approximate surface area is 139 Å². The minimum absolute atomic E-state index is 0.878. The van der Waals surface area contributed by atoms with E-state index in [2.05, 4.69) is 57.2 Å². The molecule has 0 spiro atoms. The standard InChI is InChI=1S/C20H19NOS/c1-4-6-14-7-5-8-15-11-16(22-18(14)15)20-21-17-12(2)9-10-13(3)19(17)23-20/h5,7-11H,4,6H2,1-3H3. The Morgan fingerprint density at radius 1 is 1.09 bits per heavy atom. The maximum Gasteiger partial charge on any atom is 0.164 e. The van der Waals surface area contributed by atoms with Gasteiger partial charge in [0.25, 0.3) is 0 Å². The highest BCUT2D eigenvalue weighted by Crippen LogP contribution is 2.37. The molecule has 0 amide bonds. The van der Waals surface area contributed by atoms with Crippen molar-refractivity contribution in [3.63, 3.8) is 0 Å². The average molecular weight is 321 g/mol. The van der Waals surface area contributed by atoms with Gasteiger partial charge >= 0.3 is 0 Å². The third-order valence-electron chi connectivity index (χ3n) is 4.30. The molecule has 0 radical (unpaired) electrons. The number of fused-ring (bicyclic) bond motifs is 2. The lowest BCUT2D eigenvalue weighted by atomic mass is 10.1. The molecule has 2 aromatic heterocycles. The Kier molecular flexibility index (Phi) is 3.46. The van der Waals surface area contributed by atoms with Gasteiger partial charge < -0.3 is 4.42 Å². The molecule has 0 aliphatic rings. The molecule has 0 N–H and O–H groups in total. The zero-order valence-corrected chi connectivity index (χ0v) is 14.5. The molecule has 4 rings (SSSR count). The van der Waals surface area contributed by atoms with E-state index in [4.69, 9.17) is 9.40 Å². The third-order valence-corrected chi connectivity index (χ3v) is 5.50. The van der Waals surface area contributed by atoms with Crippen molar-refractivity contribution in [2.24, 2.45) is 0 Å². The second-order valence-electron chi connectivity index (χ2n) is 6.09. The summed E-state index contributed by atoms with van der Waals surface area (Å²) in [6.45, 7) is 6.45. The highest BCUT2D eigenvalue weighted by molar-refractivity contribution is 7.21. The van der Waals surface area contributed by atoms with E-state index < -0.39 is 0 Å². The van der Waals surface area contributed by atoms with Crippen molar-refractivity contribution >= 4 is 32.5 Å². The Hall–Kier alpha value is -2.13. The summed E-state index contributed by atoms with van der Waals surface area (Å²) in [5.41, 5.74) is 5.88. The van der Waals surface area contributed by atoms with Crippen LogP contribution >= 0.6 is 11.3 Å². The smallest absolute Gasteiger partial charge is 0.164 e. The predicted molar refractivity (Wildman–Crippen MR) is 98.3 cm³/mol. The number of benzene rings is 2. The van der Waals surface area contributed by atoms with Crippen LogP contribution < -0.4 is 0 Å². The van der Waals surface area contributed by atoms with Gasteiger partial charge in [-0.25, -0.2) is 4.98 Å². The largest absolute Gasteiger partial charge is 0.453 e. The van der Waals surface area contributed by atoms with Crippen LogP contribution in [0, 0.1) is 13.8 Å². The summed E-state index contributed by atoms with van der Waals surface area (Å²) in [5, 5.41) is 2.13. The summed E-state index contributed by atoms with van der Waals surface area (Å²) in [6, 6.07) is 12.8. The van der Waals surface area contributed by atoms with E-state index in [-0.39, 0.29) is 0 Å². The normalized spacial score (nSPS) is 11.6. The lowest BCUT2D eigenvalue weighted by molar-refractivity contribution is 0.625. The van der Waals surface area contributed by atoms with Crippen molar-refractivity contribution < 1.29 is 4.42 Å². The molecule has 4 aromatic rings. The van der Waals surface area contributed by atoms with Gasteiger partial charge in [-0.15, -0.1) is 11.3 Å². The maximum absolute atomic E-state index is 6.19. The van der Waals surface area contributed by atoms with Gasteiger partial charge in [0, 0.05) is 5.39 Å². The van der Waals surface area contributed by atoms with E-state index in [1.165, 1.54) is 26.8 Å². The van der Waals surface area contributed by atoms with Gasteiger partial charge in [-0.05, 0) is 43.0 Å². The van der Waals surface area contributed by atoms with Crippen LogP contribution in [0.5, 0.6) is 0 Å². The number of thiazole rings is 1. The Bertz CT molecular complexity index is 970. The summed E-state index contributed by atoms with van der Waals surface area (Å²) in [5.74, 6) is 0.878. The number of para-hydroxylation sites is 1. The van der Waals surface area contributed by atoms with Gasteiger partial charge in [-0.3, -0.25) is 0 Å². The zero-order valence-electron chi connectivity index (χ0n) is 13.6. The first-order valence-corrected chi connectivity index (χ1v) is 8.87. The minimum atomic E-state index is 0.878. The minimum Gasteiger partial charge on any atom is -0.453 e. The van der Waals surface area contributed by atoms with E-state index >= 15 is 0 Å². The molecule has 0 aliphatic carbocycles. The number of hydrogen-bond acceptors (Lipinski definition) is 3. The topological polar surface area (TPSA) is 26.0 Å². The molecule has 0 fully saturated rings. The lowest BCUT2D eigenvalue weighted by Crippen LogP contribution is -1.82. The molecule has 0 atom stereocenters. The van der Waals surface area contributed by atoms with Crippen molar-refractivity contribution in [3.05, 3.63) is 53.1 Å². The van der Waals surface area contributed by atoms with Crippen LogP contribution in [-0.4, -0.2) is 4.98 Å². The Morgan fingerprint density at radius 3 is 2.70 bits per heavy atom. The first kappa shape index (κ1) is 14.5. The molecular weight excluding hydrogens is 302 g/mol. The summed E-state index contributed by atoms with van der Waals surface area (Å²) in [6.07, 6.45) is 2.16. The van der Waals surface area contributed by atoms with Crippen LogP contribution in [0.15, 0.2) is 40.8 Å². The summed E-state index contributed by atoms with van der Waals surface area (Å²) < 4.78 is 7.45. The van der Waals surface area contributed by atoms with Gasteiger partial charge in [0.2, 0.25) is 0 Å². The predicted octanol–water partition coefficient (Wildman–Crippen LogP) is 6.28. The van der Waals surface area contributed by atoms with Gasteiger partial charge in [0.1, 0.15) is 5.58 Å². The molecule has 0 saturated carbocycles. The molecule has 0 aliphatic heterocycles. The van der Waals surface area contributed by atoms with E-state index in [1.54, 1.807) is 11.3 Å². The number of hydrogen-bond donors (Lipinski definition) is 0. The van der Waals surface area contributed by atoms with E-state index in [9.17, 15) is 0 Å². The molecule has 3 heteroatoms. The lowest BCUT2D eigenvalue weighted by Gasteiger charge is -1.98. The van der Waals surface area contributed by atoms with E-state index in [0.717, 1.165) is 34.7 Å². The fourth-order valence-electron chi connectivity index (χ4n) is 3.06. The van der Waals surface area contributed by atoms with Crippen molar-refractivity contribution in [3.8, 4) is 10.8 Å². The maximum atomic E-state index is 6.19. The first-order chi connectivity index (χ1) is 11.2. The molecular formula is C20H19NOS. The molecule has 0 bridgehead atoms. The van der Waals surface area contributed by atoms with Crippen molar-refractivity contribution in [2.45, 2.75) is 33.6 Å². The Morgan fingerprint density at radius 2 is 1.91 bits per heavy atom. The SMILES string of the molecule is CCCc1cccc2cc(-c3nc4c(C)ccc(C)c4s3)oc12. The number of furan rings is 1. The van der Waals surface area contributed by atoms with E-state index in [1.807, 2.05) is 0 Å². The number of rotatable bonds is 3. The number of aryl methyl sites for hydroxylation is 3. The molecule has 116 valence electrons. The Balaban J connectivity index is 1.91. The molecule has 2 aromatic carbocycles. The highest BCUT2D eigenvalue weighted by atomic mass is 32.1. The second-order valence-corrected chi connectivity index (χ2v) is 7.09. The van der Waals surface area contributed by atoms with Crippen molar-refractivity contribution in [2.75, 3.05) is 0 Å². The van der Waals surface area contributed by atoms with Crippen LogP contribution in [-0.2, 0) is 6.42 Å². The number of nitrogens with zero attached hydrogens (tertiary/aromatic N) is 1. The van der Waals surface area contributed by atoms with Crippen molar-refractivity contribution in [1.29, 1.82) is 0 Å². The average Bonchev–Trinajstić information content (AvgIpc) is 3.16.